The summed E-state index contributed by atoms with van der Waals surface area (Å²) in [6.07, 6.45) is 1.27. The fourth-order valence-corrected chi connectivity index (χ4v) is 4.86. The summed E-state index contributed by atoms with van der Waals surface area (Å²) >= 11 is 6.61. The Morgan fingerprint density at radius 1 is 1.09 bits per heavy atom. The van der Waals surface area contributed by atoms with Crippen LogP contribution in [0.1, 0.15) is 38.3 Å². The van der Waals surface area contributed by atoms with E-state index in [2.05, 4.69) is 24.1 Å². The minimum atomic E-state index is -0.402. The second-order valence-corrected chi connectivity index (χ2v) is 9.93. The van der Waals surface area contributed by atoms with Gasteiger partial charge in [0.15, 0.2) is 11.6 Å². The summed E-state index contributed by atoms with van der Waals surface area (Å²) in [5.74, 6) is 1.37. The number of nitrogens with one attached hydrogen (secondary N) is 1. The smallest absolute Gasteiger partial charge is 0.226 e. The number of benzene rings is 2. The van der Waals surface area contributed by atoms with Gasteiger partial charge in [0.1, 0.15) is 6.04 Å². The molecule has 6 nitrogen and oxygen atoms in total. The maximum Gasteiger partial charge on any atom is 0.226 e. The lowest BCUT2D eigenvalue weighted by Crippen LogP contribution is -2.36. The highest BCUT2D eigenvalue weighted by Crippen LogP contribution is 2.46. The lowest BCUT2D eigenvalue weighted by Gasteiger charge is -2.38. The third kappa shape index (κ3) is 3.48. The van der Waals surface area contributed by atoms with E-state index >= 15 is 0 Å². The van der Waals surface area contributed by atoms with E-state index in [0.717, 1.165) is 34.5 Å². The van der Waals surface area contributed by atoms with Crippen molar-refractivity contribution in [3.05, 3.63) is 70.4 Å². The molecule has 0 saturated heterocycles. The molecule has 0 unspecified atom stereocenters. The van der Waals surface area contributed by atoms with Crippen molar-refractivity contribution in [3.63, 3.8) is 0 Å². The van der Waals surface area contributed by atoms with E-state index in [4.69, 9.17) is 21.7 Å². The van der Waals surface area contributed by atoms with Gasteiger partial charge in [0.2, 0.25) is 5.95 Å². The molecule has 32 heavy (non-hydrogen) atoms. The van der Waals surface area contributed by atoms with E-state index in [1.54, 1.807) is 0 Å². The maximum absolute atomic E-state index is 13.3. The number of rotatable bonds is 3. The van der Waals surface area contributed by atoms with Crippen LogP contribution < -0.4 is 10.2 Å². The molecule has 2 heterocycles. The first-order chi connectivity index (χ1) is 15.2. The number of carbonyl (C=O) groups is 1. The number of Topliss-reactive ketones (excluding diaryl/α,β-unsaturated/α-hetero) is 1. The van der Waals surface area contributed by atoms with Crippen LogP contribution in [0.2, 0.25) is 5.02 Å². The average Bonchev–Trinajstić information content (AvgIpc) is 3.15. The fourth-order valence-electron chi connectivity index (χ4n) is 4.62. The molecule has 164 valence electrons. The van der Waals surface area contributed by atoms with E-state index in [-0.39, 0.29) is 11.2 Å². The molecule has 2 aromatic carbocycles. The number of allylic oxidation sites excluding steroid dienone is 2. The van der Waals surface area contributed by atoms with Gasteiger partial charge in [0, 0.05) is 53.6 Å². The zero-order valence-electron chi connectivity index (χ0n) is 18.7. The number of hydrogen-bond acceptors (Lipinski definition) is 5. The molecular weight excluding hydrogens is 422 g/mol. The molecule has 0 spiro atoms. The molecule has 1 atom stereocenters. The Morgan fingerprint density at radius 3 is 2.50 bits per heavy atom. The molecule has 5 rings (SSSR count). The van der Waals surface area contributed by atoms with Crippen LogP contribution in [0.15, 0.2) is 59.8 Å². The topological polar surface area (TPSA) is 63.1 Å². The highest BCUT2D eigenvalue weighted by Gasteiger charge is 2.42. The third-order valence-electron chi connectivity index (χ3n) is 6.17. The Hall–Kier alpha value is -3.12. The number of carbonyl (C=O) groups excluding carboxylic acids is 1. The van der Waals surface area contributed by atoms with Gasteiger partial charge in [-0.15, -0.1) is 5.10 Å². The Morgan fingerprint density at radius 2 is 1.81 bits per heavy atom. The van der Waals surface area contributed by atoms with Crippen molar-refractivity contribution < 1.29 is 4.79 Å². The first-order valence-electron chi connectivity index (χ1n) is 10.8. The zero-order valence-corrected chi connectivity index (χ0v) is 19.4. The first-order valence-corrected chi connectivity index (χ1v) is 11.1. The second-order valence-electron chi connectivity index (χ2n) is 9.53. The van der Waals surface area contributed by atoms with Crippen LogP contribution in [-0.4, -0.2) is 34.6 Å². The number of nitrogens with zero attached hydrogens (tertiary/aromatic N) is 4. The molecule has 1 aliphatic carbocycles. The highest BCUT2D eigenvalue weighted by atomic mass is 35.5. The molecular formula is C25H26ClN5O. The van der Waals surface area contributed by atoms with Crippen LogP contribution in [0.5, 0.6) is 0 Å². The number of anilines is 2. The lowest BCUT2D eigenvalue weighted by atomic mass is 9.73. The molecule has 0 fully saturated rings. The Bertz CT molecular complexity index is 1240. The van der Waals surface area contributed by atoms with Crippen molar-refractivity contribution in [1.82, 2.24) is 14.8 Å². The minimum absolute atomic E-state index is 0.110. The monoisotopic (exact) mass is 447 g/mol. The lowest BCUT2D eigenvalue weighted by molar-refractivity contribution is -0.118. The van der Waals surface area contributed by atoms with Crippen molar-refractivity contribution in [2.45, 2.75) is 32.7 Å². The van der Waals surface area contributed by atoms with Gasteiger partial charge >= 0.3 is 0 Å². The van der Waals surface area contributed by atoms with Crippen molar-refractivity contribution in [2.24, 2.45) is 5.41 Å². The van der Waals surface area contributed by atoms with E-state index in [1.807, 2.05) is 67.3 Å². The Labute approximate surface area is 192 Å². The summed E-state index contributed by atoms with van der Waals surface area (Å²) in [5.41, 5.74) is 4.43. The van der Waals surface area contributed by atoms with Crippen LogP contribution in [0.25, 0.3) is 11.4 Å². The van der Waals surface area contributed by atoms with Gasteiger partial charge in [0.05, 0.1) is 0 Å². The minimum Gasteiger partial charge on any atom is -0.378 e. The summed E-state index contributed by atoms with van der Waals surface area (Å²) in [6.45, 7) is 4.25. The van der Waals surface area contributed by atoms with Gasteiger partial charge < -0.3 is 10.2 Å². The number of hydrogen-bond donors (Lipinski definition) is 1. The number of aromatic nitrogens is 3. The standard InChI is InChI=1S/C25H26ClN5O/c1-25(2)13-19-21(20(32)14-25)22(17-7-5-6-8-18(17)26)31-24(27-19)28-23(29-31)15-9-11-16(12-10-15)30(3)4/h5-12,22H,13-14H2,1-4H3,(H,27,28,29)/t22-/m1/s1. The van der Waals surface area contributed by atoms with E-state index in [1.165, 1.54) is 0 Å². The fraction of sp³-hybridized carbons (Fsp3) is 0.320. The van der Waals surface area contributed by atoms with Crippen LogP contribution in [-0.2, 0) is 4.79 Å². The maximum atomic E-state index is 13.3. The Balaban J connectivity index is 1.65. The molecule has 1 N–H and O–H groups in total. The van der Waals surface area contributed by atoms with E-state index < -0.39 is 6.04 Å². The summed E-state index contributed by atoms with van der Waals surface area (Å²) in [4.78, 5) is 20.2. The van der Waals surface area contributed by atoms with E-state index in [9.17, 15) is 4.79 Å². The van der Waals surface area contributed by atoms with Crippen molar-refractivity contribution in [2.75, 3.05) is 24.3 Å². The largest absolute Gasteiger partial charge is 0.378 e. The highest BCUT2D eigenvalue weighted by molar-refractivity contribution is 6.31. The Kier molecular flexibility index (Phi) is 4.86. The number of ketones is 1. The number of fused-ring (bicyclic) bond motifs is 1. The average molecular weight is 448 g/mol. The molecule has 1 aromatic heterocycles. The predicted molar refractivity (Wildman–Crippen MR) is 128 cm³/mol. The third-order valence-corrected chi connectivity index (χ3v) is 6.52. The zero-order chi connectivity index (χ0) is 22.6. The van der Waals surface area contributed by atoms with Crippen LogP contribution >= 0.6 is 11.6 Å². The molecule has 0 saturated carbocycles. The van der Waals surface area contributed by atoms with Gasteiger partial charge in [-0.05, 0) is 42.2 Å². The van der Waals surface area contributed by atoms with Gasteiger partial charge in [-0.2, -0.15) is 4.98 Å². The summed E-state index contributed by atoms with van der Waals surface area (Å²) < 4.78 is 1.81. The molecule has 0 amide bonds. The van der Waals surface area contributed by atoms with Crippen LogP contribution in [0.4, 0.5) is 11.6 Å². The van der Waals surface area contributed by atoms with Crippen molar-refractivity contribution in [3.8, 4) is 11.4 Å². The van der Waals surface area contributed by atoms with Crippen LogP contribution in [0.3, 0.4) is 0 Å². The molecule has 0 radical (unpaired) electrons. The molecule has 1 aliphatic heterocycles. The van der Waals surface area contributed by atoms with Gasteiger partial charge in [-0.25, -0.2) is 4.68 Å². The normalized spacial score (nSPS) is 19.3. The molecule has 3 aromatic rings. The van der Waals surface area contributed by atoms with Gasteiger partial charge in [-0.1, -0.05) is 43.6 Å². The quantitative estimate of drug-likeness (QED) is 0.588. The SMILES string of the molecule is CN(C)c1ccc(-c2nc3n(n2)[C@H](c2ccccc2Cl)C2=C(CC(C)(C)CC2=O)N3)cc1. The molecule has 0 bridgehead atoms. The van der Waals surface area contributed by atoms with Crippen molar-refractivity contribution in [1.29, 1.82) is 0 Å². The van der Waals surface area contributed by atoms with Crippen LogP contribution in [0, 0.1) is 5.41 Å². The first kappa shape index (κ1) is 20.8. The summed E-state index contributed by atoms with van der Waals surface area (Å²) in [6, 6.07) is 15.4. The second kappa shape index (κ2) is 7.48. The van der Waals surface area contributed by atoms with Crippen molar-refractivity contribution >= 4 is 29.0 Å². The summed E-state index contributed by atoms with van der Waals surface area (Å²) in [5, 5.41) is 8.87. The molecule has 7 heteroatoms. The summed E-state index contributed by atoms with van der Waals surface area (Å²) in [7, 11) is 4.02. The number of halogens is 1. The molecule has 2 aliphatic rings. The van der Waals surface area contributed by atoms with E-state index in [0.29, 0.717) is 23.2 Å². The predicted octanol–water partition coefficient (Wildman–Crippen LogP) is 5.32. The van der Waals surface area contributed by atoms with Gasteiger partial charge in [-0.3, -0.25) is 4.79 Å². The van der Waals surface area contributed by atoms with Gasteiger partial charge in [0.25, 0.3) is 0 Å².